The van der Waals surface area contributed by atoms with Crippen LogP contribution in [0.5, 0.6) is 0 Å². The van der Waals surface area contributed by atoms with Gasteiger partial charge in [-0.2, -0.15) is 0 Å². The highest BCUT2D eigenvalue weighted by atomic mass is 16.6. The van der Waals surface area contributed by atoms with Gasteiger partial charge in [0.05, 0.1) is 0 Å². The first kappa shape index (κ1) is 14.7. The van der Waals surface area contributed by atoms with E-state index < -0.39 is 12.3 Å². The van der Waals surface area contributed by atoms with Gasteiger partial charge in [0.2, 0.25) is 6.29 Å². The highest BCUT2D eigenvalue weighted by Gasteiger charge is 2.22. The number of allylic oxidation sites excluding steroid dienone is 4. The summed E-state index contributed by atoms with van der Waals surface area (Å²) in [5, 5.41) is 9.11. The summed E-state index contributed by atoms with van der Waals surface area (Å²) in [5.41, 5.74) is 3.26. The molecular weight excluding hydrogens is 228 g/mol. The van der Waals surface area contributed by atoms with Gasteiger partial charge in [-0.3, -0.25) is 0 Å². The van der Waals surface area contributed by atoms with Crippen molar-refractivity contribution in [2.24, 2.45) is 0 Å². The normalized spacial score (nSPS) is 19.6. The predicted molar refractivity (Wildman–Crippen MR) is 71.8 cm³/mol. The lowest BCUT2D eigenvalue weighted by Crippen LogP contribution is -2.06. The van der Waals surface area contributed by atoms with Gasteiger partial charge in [0.1, 0.15) is 0 Å². The molecule has 1 N–H and O–H groups in total. The fourth-order valence-corrected chi connectivity index (χ4v) is 1.81. The molecule has 1 heterocycles. The van der Waals surface area contributed by atoms with E-state index in [0.717, 1.165) is 19.3 Å². The number of hydrogen-bond acceptors (Lipinski definition) is 3. The van der Waals surface area contributed by atoms with Crippen molar-refractivity contribution < 1.29 is 14.6 Å². The molecule has 0 aromatic carbocycles. The Morgan fingerprint density at radius 1 is 1.33 bits per heavy atom. The van der Waals surface area contributed by atoms with Crippen LogP contribution in [0.4, 0.5) is 0 Å². The summed E-state index contributed by atoms with van der Waals surface area (Å²) in [6, 6.07) is 0. The van der Waals surface area contributed by atoms with Gasteiger partial charge in [-0.1, -0.05) is 23.3 Å². The van der Waals surface area contributed by atoms with E-state index in [1.54, 1.807) is 0 Å². The summed E-state index contributed by atoms with van der Waals surface area (Å²) in [5.74, 6) is -0.391. The van der Waals surface area contributed by atoms with E-state index in [4.69, 9.17) is 5.11 Å². The van der Waals surface area contributed by atoms with Gasteiger partial charge in [-0.15, -0.1) is 0 Å². The van der Waals surface area contributed by atoms with Crippen LogP contribution >= 0.6 is 0 Å². The largest absolute Gasteiger partial charge is 0.429 e. The standard InChI is InChI=1S/C15H22O3/c1-11(2)6-4-7-12(3)8-5-9-13-10-14(16)18-15(13)17/h6,8,10,14,16H,4-5,7,9H2,1-3H3/t14-/m1/s1. The molecule has 0 fully saturated rings. The molecule has 100 valence electrons. The summed E-state index contributed by atoms with van der Waals surface area (Å²) in [4.78, 5) is 11.2. The summed E-state index contributed by atoms with van der Waals surface area (Å²) in [6.45, 7) is 6.31. The van der Waals surface area contributed by atoms with Crippen LogP contribution in [-0.2, 0) is 9.53 Å². The lowest BCUT2D eigenvalue weighted by molar-refractivity contribution is -0.151. The molecule has 0 amide bonds. The van der Waals surface area contributed by atoms with Crippen molar-refractivity contribution in [3.8, 4) is 0 Å². The Morgan fingerprint density at radius 2 is 2.06 bits per heavy atom. The van der Waals surface area contributed by atoms with Crippen molar-refractivity contribution in [2.45, 2.75) is 52.7 Å². The fraction of sp³-hybridized carbons (Fsp3) is 0.533. The Balaban J connectivity index is 2.29. The van der Waals surface area contributed by atoms with Gasteiger partial charge in [0.25, 0.3) is 0 Å². The van der Waals surface area contributed by atoms with Crippen molar-refractivity contribution in [3.63, 3.8) is 0 Å². The Kier molecular flexibility index (Phi) is 5.86. The molecule has 0 radical (unpaired) electrons. The number of ether oxygens (including phenoxy) is 1. The molecule has 1 atom stereocenters. The first-order valence-electron chi connectivity index (χ1n) is 6.38. The highest BCUT2D eigenvalue weighted by molar-refractivity contribution is 5.90. The zero-order valence-corrected chi connectivity index (χ0v) is 11.4. The van der Waals surface area contributed by atoms with Crippen molar-refractivity contribution in [2.75, 3.05) is 0 Å². The molecule has 0 bridgehead atoms. The van der Waals surface area contributed by atoms with Gasteiger partial charge < -0.3 is 9.84 Å². The molecule has 3 heteroatoms. The third-order valence-corrected chi connectivity index (χ3v) is 2.83. The number of carbonyl (C=O) groups excluding carboxylic acids is 1. The van der Waals surface area contributed by atoms with E-state index in [0.29, 0.717) is 12.0 Å². The average Bonchev–Trinajstić information content (AvgIpc) is 2.57. The van der Waals surface area contributed by atoms with Crippen LogP contribution in [0.25, 0.3) is 0 Å². The zero-order valence-electron chi connectivity index (χ0n) is 11.4. The predicted octanol–water partition coefficient (Wildman–Crippen LogP) is 3.26. The van der Waals surface area contributed by atoms with Crippen LogP contribution in [0.3, 0.4) is 0 Å². The molecule has 0 spiro atoms. The molecule has 1 aliphatic rings. The summed E-state index contributed by atoms with van der Waals surface area (Å²) in [6.07, 6.45) is 8.38. The van der Waals surface area contributed by atoms with Crippen molar-refractivity contribution >= 4 is 5.97 Å². The van der Waals surface area contributed by atoms with Crippen molar-refractivity contribution in [1.82, 2.24) is 0 Å². The molecule has 1 aliphatic heterocycles. The fourth-order valence-electron chi connectivity index (χ4n) is 1.81. The monoisotopic (exact) mass is 250 g/mol. The molecule has 0 aromatic rings. The highest BCUT2D eigenvalue weighted by Crippen LogP contribution is 2.18. The minimum Gasteiger partial charge on any atom is -0.429 e. The topological polar surface area (TPSA) is 46.5 Å². The van der Waals surface area contributed by atoms with E-state index in [9.17, 15) is 4.79 Å². The molecule has 0 aromatic heterocycles. The van der Waals surface area contributed by atoms with Gasteiger partial charge >= 0.3 is 5.97 Å². The molecule has 0 unspecified atom stereocenters. The Hall–Kier alpha value is -1.35. The molecule has 18 heavy (non-hydrogen) atoms. The van der Waals surface area contributed by atoms with Gasteiger partial charge in [0, 0.05) is 5.57 Å². The maximum absolute atomic E-state index is 11.2. The number of aliphatic hydroxyl groups excluding tert-OH is 1. The van der Waals surface area contributed by atoms with E-state index in [2.05, 4.69) is 37.7 Å². The molecule has 0 saturated carbocycles. The Morgan fingerprint density at radius 3 is 2.61 bits per heavy atom. The third kappa shape index (κ3) is 5.32. The van der Waals surface area contributed by atoms with Crippen LogP contribution in [0.2, 0.25) is 0 Å². The van der Waals surface area contributed by atoms with Gasteiger partial charge in [-0.05, 0) is 52.5 Å². The number of aliphatic hydroxyl groups is 1. The second-order valence-electron chi connectivity index (χ2n) is 4.90. The lowest BCUT2D eigenvalue weighted by Gasteiger charge is -2.00. The molecular formula is C15H22O3. The number of carbonyl (C=O) groups is 1. The Labute approximate surface area is 109 Å². The Bertz CT molecular complexity index is 385. The maximum atomic E-state index is 11.2. The second-order valence-corrected chi connectivity index (χ2v) is 4.90. The number of esters is 1. The molecule has 0 aliphatic carbocycles. The van der Waals surface area contributed by atoms with Crippen LogP contribution in [-0.4, -0.2) is 17.4 Å². The van der Waals surface area contributed by atoms with E-state index in [1.165, 1.54) is 17.2 Å². The summed E-state index contributed by atoms with van der Waals surface area (Å²) < 4.78 is 4.62. The second kappa shape index (κ2) is 7.17. The first-order valence-corrected chi connectivity index (χ1v) is 6.38. The van der Waals surface area contributed by atoms with Crippen LogP contribution < -0.4 is 0 Å². The first-order chi connectivity index (χ1) is 8.49. The number of rotatable bonds is 6. The average molecular weight is 250 g/mol. The van der Waals surface area contributed by atoms with Crippen molar-refractivity contribution in [3.05, 3.63) is 34.9 Å². The smallest absolute Gasteiger partial charge is 0.336 e. The van der Waals surface area contributed by atoms with E-state index in [-0.39, 0.29) is 0 Å². The third-order valence-electron chi connectivity index (χ3n) is 2.83. The zero-order chi connectivity index (χ0) is 13.5. The minimum atomic E-state index is -1.05. The van der Waals surface area contributed by atoms with Crippen LogP contribution in [0, 0.1) is 0 Å². The van der Waals surface area contributed by atoms with Crippen LogP contribution in [0.1, 0.15) is 46.5 Å². The van der Waals surface area contributed by atoms with Gasteiger partial charge in [0.15, 0.2) is 0 Å². The lowest BCUT2D eigenvalue weighted by atomic mass is 10.1. The molecule has 0 saturated heterocycles. The minimum absolute atomic E-state index is 0.391. The number of cyclic esters (lactones) is 1. The molecule has 3 nitrogen and oxygen atoms in total. The molecule has 1 rings (SSSR count). The van der Waals surface area contributed by atoms with E-state index >= 15 is 0 Å². The van der Waals surface area contributed by atoms with E-state index in [1.807, 2.05) is 0 Å². The van der Waals surface area contributed by atoms with Gasteiger partial charge in [-0.25, -0.2) is 4.79 Å². The van der Waals surface area contributed by atoms with Crippen LogP contribution in [0.15, 0.2) is 34.9 Å². The van der Waals surface area contributed by atoms with Crippen molar-refractivity contribution in [1.29, 1.82) is 0 Å². The summed E-state index contributed by atoms with van der Waals surface area (Å²) in [7, 11) is 0. The number of hydrogen-bond donors (Lipinski definition) is 1. The summed E-state index contributed by atoms with van der Waals surface area (Å²) >= 11 is 0. The maximum Gasteiger partial charge on any atom is 0.336 e. The SMILES string of the molecule is CC(C)=CCCC(C)=CCCC1=C[C@H](O)OC1=O. The quantitative estimate of drug-likeness (QED) is 0.581.